The number of hydrogen-bond acceptors (Lipinski definition) is 3. The average molecular weight is 277 g/mol. The zero-order chi connectivity index (χ0) is 13.9. The van der Waals surface area contributed by atoms with Crippen molar-refractivity contribution in [2.45, 2.75) is 25.9 Å². The van der Waals surface area contributed by atoms with Gasteiger partial charge in [-0.2, -0.15) is 0 Å². The summed E-state index contributed by atoms with van der Waals surface area (Å²) < 4.78 is 13.6. The Morgan fingerprint density at radius 2 is 2.05 bits per heavy atom. The molecule has 1 unspecified atom stereocenters. The molecule has 0 aliphatic carbocycles. The van der Waals surface area contributed by atoms with Gasteiger partial charge in [0.05, 0.1) is 0 Å². The van der Waals surface area contributed by atoms with E-state index in [4.69, 9.17) is 0 Å². The Morgan fingerprint density at radius 3 is 2.80 bits per heavy atom. The average Bonchev–Trinajstić information content (AvgIpc) is 2.92. The van der Waals surface area contributed by atoms with Gasteiger partial charge in [0.1, 0.15) is 5.82 Å². The van der Waals surface area contributed by atoms with E-state index in [9.17, 15) is 4.39 Å². The van der Waals surface area contributed by atoms with E-state index in [1.165, 1.54) is 6.42 Å². The number of benzene rings is 1. The Kier molecular flexibility index (Phi) is 4.34. The van der Waals surface area contributed by atoms with E-state index in [2.05, 4.69) is 21.2 Å². The fraction of sp³-hybridized carbons (Fsp3) is 0.625. The van der Waals surface area contributed by atoms with Crippen molar-refractivity contribution in [1.29, 1.82) is 0 Å². The van der Waals surface area contributed by atoms with Gasteiger partial charge in [-0.05, 0) is 30.5 Å². The summed E-state index contributed by atoms with van der Waals surface area (Å²) in [6.45, 7) is 9.49. The van der Waals surface area contributed by atoms with Gasteiger partial charge in [0.15, 0.2) is 0 Å². The molecule has 1 atom stereocenters. The van der Waals surface area contributed by atoms with Crippen molar-refractivity contribution in [2.75, 3.05) is 39.3 Å². The molecule has 2 heterocycles. The number of hydrogen-bond donors (Lipinski definition) is 1. The second kappa shape index (κ2) is 6.20. The van der Waals surface area contributed by atoms with Gasteiger partial charge >= 0.3 is 0 Å². The minimum absolute atomic E-state index is 0.0830. The predicted molar refractivity (Wildman–Crippen MR) is 79.3 cm³/mol. The van der Waals surface area contributed by atoms with Crippen molar-refractivity contribution >= 4 is 0 Å². The van der Waals surface area contributed by atoms with Crippen molar-refractivity contribution in [3.05, 3.63) is 35.1 Å². The lowest BCUT2D eigenvalue weighted by Gasteiger charge is -2.32. The zero-order valence-electron chi connectivity index (χ0n) is 12.2. The molecule has 3 nitrogen and oxygen atoms in total. The third-order valence-corrected chi connectivity index (χ3v) is 4.56. The van der Waals surface area contributed by atoms with Crippen molar-refractivity contribution in [3.63, 3.8) is 0 Å². The van der Waals surface area contributed by atoms with Crippen LogP contribution in [0.25, 0.3) is 0 Å². The zero-order valence-corrected chi connectivity index (χ0v) is 12.2. The van der Waals surface area contributed by atoms with Crippen LogP contribution in [0.3, 0.4) is 0 Å². The minimum atomic E-state index is -0.0830. The fourth-order valence-corrected chi connectivity index (χ4v) is 3.29. The minimum Gasteiger partial charge on any atom is -0.314 e. The molecule has 1 aromatic carbocycles. The molecule has 1 aromatic rings. The molecule has 0 aromatic heterocycles. The molecule has 2 aliphatic rings. The third kappa shape index (κ3) is 3.19. The lowest BCUT2D eigenvalue weighted by Crippen LogP contribution is -2.49. The molecule has 2 fully saturated rings. The number of aryl methyl sites for hydroxylation is 1. The molecule has 2 aliphatic heterocycles. The second-order valence-electron chi connectivity index (χ2n) is 6.05. The Balaban J connectivity index is 1.55. The summed E-state index contributed by atoms with van der Waals surface area (Å²) in [4.78, 5) is 5.06. The van der Waals surface area contributed by atoms with Crippen LogP contribution in [0, 0.1) is 12.7 Å². The Morgan fingerprint density at radius 1 is 1.25 bits per heavy atom. The highest BCUT2D eigenvalue weighted by Crippen LogP contribution is 2.19. The molecule has 0 radical (unpaired) electrons. The molecule has 0 bridgehead atoms. The molecular formula is C16H24FN3. The highest BCUT2D eigenvalue weighted by molar-refractivity contribution is 5.23. The van der Waals surface area contributed by atoms with Crippen LogP contribution >= 0.6 is 0 Å². The van der Waals surface area contributed by atoms with Crippen molar-refractivity contribution in [1.82, 2.24) is 15.1 Å². The van der Waals surface area contributed by atoms with Crippen LogP contribution in [0.4, 0.5) is 4.39 Å². The normalized spacial score (nSPS) is 25.2. The maximum absolute atomic E-state index is 13.6. The van der Waals surface area contributed by atoms with E-state index in [1.807, 2.05) is 13.0 Å². The third-order valence-electron chi connectivity index (χ3n) is 4.56. The number of nitrogens with one attached hydrogen (secondary N) is 1. The van der Waals surface area contributed by atoms with Crippen LogP contribution in [0.15, 0.2) is 18.2 Å². The van der Waals surface area contributed by atoms with E-state index in [-0.39, 0.29) is 5.82 Å². The van der Waals surface area contributed by atoms with Crippen LogP contribution in [0.1, 0.15) is 17.5 Å². The molecule has 3 rings (SSSR count). The quantitative estimate of drug-likeness (QED) is 0.905. The first kappa shape index (κ1) is 14.0. The first-order valence-electron chi connectivity index (χ1n) is 7.64. The van der Waals surface area contributed by atoms with Gasteiger partial charge in [0.25, 0.3) is 0 Å². The van der Waals surface area contributed by atoms with Gasteiger partial charge in [0, 0.05) is 51.9 Å². The van der Waals surface area contributed by atoms with E-state index in [1.54, 1.807) is 6.07 Å². The van der Waals surface area contributed by atoms with E-state index >= 15 is 0 Å². The molecule has 4 heteroatoms. The highest BCUT2D eigenvalue weighted by atomic mass is 19.1. The van der Waals surface area contributed by atoms with Gasteiger partial charge in [-0.25, -0.2) is 4.39 Å². The second-order valence-corrected chi connectivity index (χ2v) is 6.05. The molecule has 0 saturated carbocycles. The molecule has 0 spiro atoms. The van der Waals surface area contributed by atoms with Crippen molar-refractivity contribution < 1.29 is 4.39 Å². The van der Waals surface area contributed by atoms with Crippen LogP contribution < -0.4 is 5.32 Å². The lowest BCUT2D eigenvalue weighted by atomic mass is 10.1. The number of rotatable bonds is 3. The molecule has 2 saturated heterocycles. The Bertz CT molecular complexity index is 457. The summed E-state index contributed by atoms with van der Waals surface area (Å²) in [5, 5.41) is 3.40. The maximum Gasteiger partial charge on any atom is 0.126 e. The SMILES string of the molecule is Cc1ccc(CN2CCC(N3CCNCC3)C2)cc1F. The lowest BCUT2D eigenvalue weighted by molar-refractivity contribution is 0.170. The van der Waals surface area contributed by atoms with Gasteiger partial charge < -0.3 is 5.32 Å². The summed E-state index contributed by atoms with van der Waals surface area (Å²) in [6, 6.07) is 6.31. The molecule has 0 amide bonds. The number of likely N-dealkylation sites (tertiary alicyclic amines) is 1. The number of piperazine rings is 1. The van der Waals surface area contributed by atoms with Gasteiger partial charge in [-0.15, -0.1) is 0 Å². The smallest absolute Gasteiger partial charge is 0.126 e. The van der Waals surface area contributed by atoms with Crippen LogP contribution in [0.5, 0.6) is 0 Å². The number of nitrogens with zero attached hydrogens (tertiary/aromatic N) is 2. The molecule has 1 N–H and O–H groups in total. The van der Waals surface area contributed by atoms with Crippen LogP contribution in [-0.2, 0) is 6.54 Å². The van der Waals surface area contributed by atoms with Gasteiger partial charge in [0.2, 0.25) is 0 Å². The molecule has 20 heavy (non-hydrogen) atoms. The summed E-state index contributed by atoms with van der Waals surface area (Å²) in [6.07, 6.45) is 1.24. The first-order chi connectivity index (χ1) is 9.72. The van der Waals surface area contributed by atoms with E-state index < -0.39 is 0 Å². The van der Waals surface area contributed by atoms with Crippen LogP contribution in [-0.4, -0.2) is 55.1 Å². The highest BCUT2D eigenvalue weighted by Gasteiger charge is 2.28. The topological polar surface area (TPSA) is 18.5 Å². The number of halogens is 1. The summed E-state index contributed by atoms with van der Waals surface area (Å²) in [7, 11) is 0. The fourth-order valence-electron chi connectivity index (χ4n) is 3.29. The largest absolute Gasteiger partial charge is 0.314 e. The predicted octanol–water partition coefficient (Wildman–Crippen LogP) is 1.61. The monoisotopic (exact) mass is 277 g/mol. The standard InChI is InChI=1S/C16H24FN3/c1-13-2-3-14(10-16(13)17)11-19-7-4-15(12-19)20-8-5-18-6-9-20/h2-3,10,15,18H,4-9,11-12H2,1H3. The van der Waals surface area contributed by atoms with Crippen molar-refractivity contribution in [3.8, 4) is 0 Å². The summed E-state index contributed by atoms with van der Waals surface area (Å²) in [5.74, 6) is -0.0830. The Labute approximate surface area is 120 Å². The summed E-state index contributed by atoms with van der Waals surface area (Å²) in [5.41, 5.74) is 1.82. The van der Waals surface area contributed by atoms with E-state index in [0.717, 1.165) is 56.9 Å². The molecular weight excluding hydrogens is 253 g/mol. The van der Waals surface area contributed by atoms with Gasteiger partial charge in [-0.1, -0.05) is 12.1 Å². The van der Waals surface area contributed by atoms with Crippen molar-refractivity contribution in [2.24, 2.45) is 0 Å². The Hall–Kier alpha value is -0.970. The molecule has 110 valence electrons. The van der Waals surface area contributed by atoms with Gasteiger partial charge in [-0.3, -0.25) is 9.80 Å². The van der Waals surface area contributed by atoms with Crippen LogP contribution in [0.2, 0.25) is 0 Å². The maximum atomic E-state index is 13.6. The first-order valence-corrected chi connectivity index (χ1v) is 7.64. The summed E-state index contributed by atoms with van der Waals surface area (Å²) >= 11 is 0. The van der Waals surface area contributed by atoms with E-state index in [0.29, 0.717) is 6.04 Å².